The number of aromatic nitrogens is 4. The van der Waals surface area contributed by atoms with Gasteiger partial charge in [0, 0.05) is 5.75 Å². The van der Waals surface area contributed by atoms with Gasteiger partial charge in [-0.15, -0.1) is 0 Å². The van der Waals surface area contributed by atoms with Crippen LogP contribution in [0.25, 0.3) is 11.2 Å². The highest BCUT2D eigenvalue weighted by Gasteiger charge is 2.10. The number of H-pyrrole nitrogens is 2. The minimum atomic E-state index is -0.971. The largest absolute Gasteiger partial charge is 0.478 e. The van der Waals surface area contributed by atoms with Crippen molar-refractivity contribution in [1.29, 1.82) is 0 Å². The number of rotatable bonds is 4. The molecule has 112 valence electrons. The van der Waals surface area contributed by atoms with Gasteiger partial charge in [0.2, 0.25) is 5.95 Å². The Morgan fingerprint density at radius 3 is 2.91 bits per heavy atom. The van der Waals surface area contributed by atoms with E-state index in [1.807, 2.05) is 6.07 Å². The van der Waals surface area contributed by atoms with Crippen LogP contribution in [-0.4, -0.2) is 31.0 Å². The number of carboxylic acid groups (broad SMARTS) is 1. The zero-order valence-electron chi connectivity index (χ0n) is 11.2. The number of imidazole rings is 1. The zero-order chi connectivity index (χ0) is 15.7. The summed E-state index contributed by atoms with van der Waals surface area (Å²) < 4.78 is 0. The monoisotopic (exact) mass is 317 g/mol. The summed E-state index contributed by atoms with van der Waals surface area (Å²) >= 11 is 1.34. The highest BCUT2D eigenvalue weighted by molar-refractivity contribution is 7.98. The lowest BCUT2D eigenvalue weighted by Crippen LogP contribution is -2.10. The molecule has 5 N–H and O–H groups in total. The fourth-order valence-corrected chi connectivity index (χ4v) is 2.73. The first kappa shape index (κ1) is 14.1. The van der Waals surface area contributed by atoms with E-state index in [1.54, 1.807) is 12.1 Å². The Labute approximate surface area is 127 Å². The first-order chi connectivity index (χ1) is 10.5. The van der Waals surface area contributed by atoms with E-state index >= 15 is 0 Å². The fourth-order valence-electron chi connectivity index (χ4n) is 1.92. The number of aromatic amines is 2. The van der Waals surface area contributed by atoms with Crippen molar-refractivity contribution in [3.63, 3.8) is 0 Å². The third-order valence-electron chi connectivity index (χ3n) is 2.91. The van der Waals surface area contributed by atoms with Crippen molar-refractivity contribution in [3.8, 4) is 0 Å². The van der Waals surface area contributed by atoms with Gasteiger partial charge in [-0.05, 0) is 17.7 Å². The van der Waals surface area contributed by atoms with Crippen LogP contribution in [0.5, 0.6) is 0 Å². The summed E-state index contributed by atoms with van der Waals surface area (Å²) in [5, 5.41) is 9.48. The van der Waals surface area contributed by atoms with Crippen LogP contribution in [0.3, 0.4) is 0 Å². The highest BCUT2D eigenvalue weighted by atomic mass is 32.2. The SMILES string of the molecule is Nc1nc2nc(SCc3cccc(C(=O)O)c3)[nH]c2c(=O)[nH]1. The molecule has 1 aromatic carbocycles. The number of nitrogens with one attached hydrogen (secondary N) is 2. The van der Waals surface area contributed by atoms with Crippen LogP contribution in [0.15, 0.2) is 34.2 Å². The fraction of sp³-hybridized carbons (Fsp3) is 0.0769. The topological polar surface area (TPSA) is 138 Å². The molecule has 0 bridgehead atoms. The van der Waals surface area contributed by atoms with Gasteiger partial charge in [0.15, 0.2) is 16.3 Å². The summed E-state index contributed by atoms with van der Waals surface area (Å²) in [6.07, 6.45) is 0. The minimum absolute atomic E-state index is 0.00899. The molecule has 0 amide bonds. The number of nitrogens with two attached hydrogens (primary N) is 1. The van der Waals surface area contributed by atoms with Crippen LogP contribution in [-0.2, 0) is 5.75 Å². The van der Waals surface area contributed by atoms with E-state index < -0.39 is 5.97 Å². The molecule has 0 saturated carbocycles. The number of aromatic carboxylic acids is 1. The maximum atomic E-state index is 11.7. The van der Waals surface area contributed by atoms with Crippen LogP contribution in [0.1, 0.15) is 15.9 Å². The molecule has 2 heterocycles. The number of nitrogen functional groups attached to an aromatic ring is 1. The Hall–Kier alpha value is -2.81. The minimum Gasteiger partial charge on any atom is -0.478 e. The molecule has 3 aromatic rings. The number of nitrogens with zero attached hydrogens (tertiary/aromatic N) is 2. The maximum Gasteiger partial charge on any atom is 0.335 e. The van der Waals surface area contributed by atoms with E-state index in [0.717, 1.165) is 5.56 Å². The van der Waals surface area contributed by atoms with Crippen molar-refractivity contribution in [2.24, 2.45) is 0 Å². The van der Waals surface area contributed by atoms with Crippen LogP contribution in [0.4, 0.5) is 5.95 Å². The molecule has 0 radical (unpaired) electrons. The van der Waals surface area contributed by atoms with E-state index in [0.29, 0.717) is 10.9 Å². The molecule has 3 rings (SSSR count). The van der Waals surface area contributed by atoms with E-state index in [-0.39, 0.29) is 28.2 Å². The lowest BCUT2D eigenvalue weighted by Gasteiger charge is -2.00. The van der Waals surface area contributed by atoms with Gasteiger partial charge in [-0.25, -0.2) is 9.78 Å². The summed E-state index contributed by atoms with van der Waals surface area (Å²) in [6.45, 7) is 0. The zero-order valence-corrected chi connectivity index (χ0v) is 12.0. The molecule has 0 saturated heterocycles. The second kappa shape index (κ2) is 5.53. The molecule has 8 nitrogen and oxygen atoms in total. The number of fused-ring (bicyclic) bond motifs is 1. The molecule has 9 heteroatoms. The Balaban J connectivity index is 1.82. The Kier molecular flexibility index (Phi) is 3.55. The first-order valence-corrected chi connectivity index (χ1v) is 7.22. The van der Waals surface area contributed by atoms with E-state index in [4.69, 9.17) is 10.8 Å². The predicted octanol–water partition coefficient (Wildman–Crippen LogP) is 1.22. The molecule has 0 unspecified atom stereocenters. The predicted molar refractivity (Wildman–Crippen MR) is 81.9 cm³/mol. The van der Waals surface area contributed by atoms with Crippen LogP contribution in [0.2, 0.25) is 0 Å². The number of anilines is 1. The van der Waals surface area contributed by atoms with Gasteiger partial charge in [0.25, 0.3) is 5.56 Å². The Morgan fingerprint density at radius 1 is 1.32 bits per heavy atom. The molecule has 0 aliphatic carbocycles. The highest BCUT2D eigenvalue weighted by Crippen LogP contribution is 2.22. The van der Waals surface area contributed by atoms with Gasteiger partial charge in [-0.1, -0.05) is 23.9 Å². The number of hydrogen-bond acceptors (Lipinski definition) is 6. The van der Waals surface area contributed by atoms with Gasteiger partial charge in [0.1, 0.15) is 0 Å². The molecule has 0 atom stereocenters. The average Bonchev–Trinajstić information content (AvgIpc) is 2.88. The number of hydrogen-bond donors (Lipinski definition) is 4. The van der Waals surface area contributed by atoms with Gasteiger partial charge in [0.05, 0.1) is 5.56 Å². The second-order valence-electron chi connectivity index (χ2n) is 4.49. The molecular weight excluding hydrogens is 306 g/mol. The van der Waals surface area contributed by atoms with Crippen molar-refractivity contribution < 1.29 is 9.90 Å². The number of carbonyl (C=O) groups is 1. The summed E-state index contributed by atoms with van der Waals surface area (Å²) in [6, 6.07) is 6.64. The maximum absolute atomic E-state index is 11.7. The molecule has 22 heavy (non-hydrogen) atoms. The molecule has 0 spiro atoms. The number of thioether (sulfide) groups is 1. The van der Waals surface area contributed by atoms with Crippen LogP contribution in [0, 0.1) is 0 Å². The summed E-state index contributed by atoms with van der Waals surface area (Å²) in [4.78, 5) is 36.0. The standard InChI is InChI=1S/C13H11N5O3S/c14-12-16-9-8(10(19)18-12)15-13(17-9)22-5-6-2-1-3-7(4-6)11(20)21/h1-4H,5H2,(H,20,21)(H4,14,15,16,17,18,19). The molecule has 2 aromatic heterocycles. The van der Waals surface area contributed by atoms with Gasteiger partial charge >= 0.3 is 5.97 Å². The van der Waals surface area contributed by atoms with Crippen molar-refractivity contribution in [2.75, 3.05) is 5.73 Å². The molecule has 0 aliphatic heterocycles. The first-order valence-electron chi connectivity index (χ1n) is 6.23. The van der Waals surface area contributed by atoms with Crippen molar-refractivity contribution in [3.05, 3.63) is 45.7 Å². The lowest BCUT2D eigenvalue weighted by atomic mass is 10.1. The van der Waals surface area contributed by atoms with Gasteiger partial charge in [-0.2, -0.15) is 4.98 Å². The normalized spacial score (nSPS) is 10.9. The third kappa shape index (κ3) is 2.79. The lowest BCUT2D eigenvalue weighted by molar-refractivity contribution is 0.0697. The molecule has 0 aliphatic rings. The summed E-state index contributed by atoms with van der Waals surface area (Å²) in [7, 11) is 0. The smallest absolute Gasteiger partial charge is 0.335 e. The molecular formula is C13H11N5O3S. The second-order valence-corrected chi connectivity index (χ2v) is 5.45. The average molecular weight is 317 g/mol. The van der Waals surface area contributed by atoms with Crippen molar-refractivity contribution in [1.82, 2.24) is 19.9 Å². The summed E-state index contributed by atoms with van der Waals surface area (Å²) in [5.41, 5.74) is 6.66. The van der Waals surface area contributed by atoms with E-state index in [9.17, 15) is 9.59 Å². The quantitative estimate of drug-likeness (QED) is 0.531. The van der Waals surface area contributed by atoms with Crippen LogP contribution < -0.4 is 11.3 Å². The molecule has 0 fully saturated rings. The Morgan fingerprint density at radius 2 is 2.14 bits per heavy atom. The van der Waals surface area contributed by atoms with E-state index in [1.165, 1.54) is 17.8 Å². The Bertz CT molecular complexity index is 917. The third-order valence-corrected chi connectivity index (χ3v) is 3.85. The number of carboxylic acids is 1. The van der Waals surface area contributed by atoms with Gasteiger partial charge < -0.3 is 15.8 Å². The van der Waals surface area contributed by atoms with Crippen molar-refractivity contribution >= 4 is 34.8 Å². The van der Waals surface area contributed by atoms with Crippen LogP contribution >= 0.6 is 11.8 Å². The van der Waals surface area contributed by atoms with Crippen molar-refractivity contribution in [2.45, 2.75) is 10.9 Å². The summed E-state index contributed by atoms with van der Waals surface area (Å²) in [5.74, 6) is -0.453. The van der Waals surface area contributed by atoms with E-state index in [2.05, 4.69) is 19.9 Å². The number of benzene rings is 1. The van der Waals surface area contributed by atoms with Gasteiger partial charge in [-0.3, -0.25) is 9.78 Å².